The first-order chi connectivity index (χ1) is 11.6. The molecule has 0 saturated carbocycles. The van der Waals surface area contributed by atoms with E-state index in [-0.39, 0.29) is 5.75 Å². The second-order valence-electron chi connectivity index (χ2n) is 7.01. The Labute approximate surface area is 151 Å². The van der Waals surface area contributed by atoms with Gasteiger partial charge in [0.2, 0.25) is 0 Å². The third kappa shape index (κ3) is 3.15. The average molecular weight is 366 g/mol. The summed E-state index contributed by atoms with van der Waals surface area (Å²) in [6.45, 7) is 2.22. The van der Waals surface area contributed by atoms with Gasteiger partial charge in [-0.3, -0.25) is 10.00 Å². The van der Waals surface area contributed by atoms with Crippen LogP contribution in [0.25, 0.3) is 0 Å². The monoisotopic (exact) mass is 365 g/mol. The van der Waals surface area contributed by atoms with Gasteiger partial charge in [0, 0.05) is 28.3 Å². The minimum Gasteiger partial charge on any atom is -0.508 e. The largest absolute Gasteiger partial charge is 0.508 e. The number of halogens is 2. The number of phenols is 1. The molecule has 0 spiro atoms. The molecule has 24 heavy (non-hydrogen) atoms. The molecular weight excluding hydrogens is 345 g/mol. The van der Waals surface area contributed by atoms with Gasteiger partial charge in [-0.15, -0.1) is 0 Å². The fourth-order valence-corrected chi connectivity index (χ4v) is 4.77. The van der Waals surface area contributed by atoms with Crippen LogP contribution in [0.15, 0.2) is 18.3 Å². The Balaban J connectivity index is 1.41. The van der Waals surface area contributed by atoms with Crippen molar-refractivity contribution in [1.82, 2.24) is 15.1 Å². The maximum atomic E-state index is 9.57. The summed E-state index contributed by atoms with van der Waals surface area (Å²) in [5.74, 6) is 0.690. The number of benzene rings is 1. The molecule has 0 unspecified atom stereocenters. The summed E-state index contributed by atoms with van der Waals surface area (Å²) in [4.78, 5) is 2.61. The Morgan fingerprint density at radius 3 is 2.83 bits per heavy atom. The Hall–Kier alpha value is -1.23. The Morgan fingerprint density at radius 2 is 2.04 bits per heavy atom. The molecule has 1 aromatic heterocycles. The second kappa shape index (κ2) is 6.58. The highest BCUT2D eigenvalue weighted by Crippen LogP contribution is 2.34. The second-order valence-corrected chi connectivity index (χ2v) is 7.83. The van der Waals surface area contributed by atoms with E-state index < -0.39 is 0 Å². The molecular formula is C18H21Cl2N3O. The van der Waals surface area contributed by atoms with Crippen LogP contribution in [0.1, 0.15) is 29.7 Å². The van der Waals surface area contributed by atoms with Crippen LogP contribution in [0.2, 0.25) is 10.0 Å². The predicted molar refractivity (Wildman–Crippen MR) is 95.9 cm³/mol. The van der Waals surface area contributed by atoms with E-state index in [9.17, 15) is 5.11 Å². The van der Waals surface area contributed by atoms with Gasteiger partial charge in [-0.1, -0.05) is 23.2 Å². The van der Waals surface area contributed by atoms with Gasteiger partial charge in [-0.2, -0.15) is 5.10 Å². The molecule has 0 radical (unpaired) electrons. The van der Waals surface area contributed by atoms with Gasteiger partial charge in [0.1, 0.15) is 5.75 Å². The first kappa shape index (κ1) is 16.2. The van der Waals surface area contributed by atoms with Crippen LogP contribution in [0.3, 0.4) is 0 Å². The number of hydrogen-bond donors (Lipinski definition) is 2. The molecule has 4 nitrogen and oxygen atoms in total. The fraction of sp³-hybridized carbons (Fsp3) is 0.500. The summed E-state index contributed by atoms with van der Waals surface area (Å²) in [6, 6.07) is 3.78. The van der Waals surface area contributed by atoms with Gasteiger partial charge in [-0.25, -0.2) is 0 Å². The lowest BCUT2D eigenvalue weighted by Gasteiger charge is -2.31. The number of aromatic hydroxyl groups is 1. The molecule has 2 heterocycles. The van der Waals surface area contributed by atoms with Crippen molar-refractivity contribution in [3.8, 4) is 5.75 Å². The van der Waals surface area contributed by atoms with Gasteiger partial charge in [0.05, 0.1) is 6.20 Å². The SMILES string of the molecule is Oc1cc(Cl)c(C[C@@H]2CCN([C@H]3CCc4[nH]ncc4C3)C2)c(Cl)c1. The highest BCUT2D eigenvalue weighted by molar-refractivity contribution is 6.36. The highest BCUT2D eigenvalue weighted by Gasteiger charge is 2.31. The van der Waals surface area contributed by atoms with Gasteiger partial charge in [-0.05, 0) is 67.8 Å². The quantitative estimate of drug-likeness (QED) is 0.868. The van der Waals surface area contributed by atoms with Crippen LogP contribution in [-0.2, 0) is 19.3 Å². The average Bonchev–Trinajstić information content (AvgIpc) is 3.19. The summed E-state index contributed by atoms with van der Waals surface area (Å²) in [5, 5.41) is 18.0. The molecule has 2 aromatic rings. The highest BCUT2D eigenvalue weighted by atomic mass is 35.5. The van der Waals surface area contributed by atoms with Crippen molar-refractivity contribution in [3.63, 3.8) is 0 Å². The fourth-order valence-electron chi connectivity index (χ4n) is 4.14. The van der Waals surface area contributed by atoms with Crippen molar-refractivity contribution < 1.29 is 5.11 Å². The van der Waals surface area contributed by atoms with Crippen molar-refractivity contribution >= 4 is 23.2 Å². The van der Waals surface area contributed by atoms with Crippen LogP contribution < -0.4 is 0 Å². The van der Waals surface area contributed by atoms with Crippen LogP contribution >= 0.6 is 23.2 Å². The molecule has 4 rings (SSSR count). The first-order valence-electron chi connectivity index (χ1n) is 8.52. The van der Waals surface area contributed by atoms with Crippen LogP contribution in [0, 0.1) is 5.92 Å². The molecule has 128 valence electrons. The molecule has 1 aliphatic carbocycles. The van der Waals surface area contributed by atoms with Gasteiger partial charge >= 0.3 is 0 Å². The predicted octanol–water partition coefficient (Wildman–Crippen LogP) is 3.84. The lowest BCUT2D eigenvalue weighted by Crippen LogP contribution is -2.37. The third-order valence-electron chi connectivity index (χ3n) is 5.44. The molecule has 2 N–H and O–H groups in total. The van der Waals surface area contributed by atoms with E-state index >= 15 is 0 Å². The van der Waals surface area contributed by atoms with E-state index in [0.29, 0.717) is 22.0 Å². The first-order valence-corrected chi connectivity index (χ1v) is 9.28. The van der Waals surface area contributed by atoms with Crippen molar-refractivity contribution in [2.75, 3.05) is 13.1 Å². The maximum absolute atomic E-state index is 9.57. The number of likely N-dealkylation sites (tertiary alicyclic amines) is 1. The number of fused-ring (bicyclic) bond motifs is 1. The van der Waals surface area contributed by atoms with Crippen LogP contribution in [-0.4, -0.2) is 39.3 Å². The number of H-pyrrole nitrogens is 1. The minimum absolute atomic E-state index is 0.125. The molecule has 1 aliphatic heterocycles. The molecule has 1 saturated heterocycles. The van der Waals surface area contributed by atoms with E-state index in [0.717, 1.165) is 37.9 Å². The number of rotatable bonds is 3. The van der Waals surface area contributed by atoms with E-state index in [2.05, 4.69) is 15.1 Å². The molecule has 2 aliphatic rings. The minimum atomic E-state index is 0.125. The zero-order valence-electron chi connectivity index (χ0n) is 13.4. The summed E-state index contributed by atoms with van der Waals surface area (Å²) in [5.41, 5.74) is 3.65. The molecule has 2 atom stereocenters. The molecule has 6 heteroatoms. The van der Waals surface area contributed by atoms with Gasteiger partial charge in [0.25, 0.3) is 0 Å². The molecule has 1 aromatic carbocycles. The Morgan fingerprint density at radius 1 is 1.25 bits per heavy atom. The smallest absolute Gasteiger partial charge is 0.118 e. The number of hydrogen-bond acceptors (Lipinski definition) is 3. The third-order valence-corrected chi connectivity index (χ3v) is 6.12. The van der Waals surface area contributed by atoms with E-state index in [1.165, 1.54) is 24.1 Å². The van der Waals surface area contributed by atoms with E-state index in [1.807, 2.05) is 6.20 Å². The summed E-state index contributed by atoms with van der Waals surface area (Å²) in [7, 11) is 0. The molecule has 1 fully saturated rings. The summed E-state index contributed by atoms with van der Waals surface area (Å²) < 4.78 is 0. The van der Waals surface area contributed by atoms with Crippen molar-refractivity contribution in [3.05, 3.63) is 45.2 Å². The Bertz CT molecular complexity index is 723. The molecule has 0 bridgehead atoms. The standard InChI is InChI=1S/C18H21Cl2N3O/c19-16-7-14(24)8-17(20)15(16)5-11-3-4-23(10-11)13-1-2-18-12(6-13)9-21-22-18/h7-9,11,13,24H,1-6,10H2,(H,21,22)/t11-,13-/m0/s1. The van der Waals surface area contributed by atoms with Gasteiger partial charge < -0.3 is 5.11 Å². The zero-order valence-corrected chi connectivity index (χ0v) is 14.9. The number of aromatic amines is 1. The topological polar surface area (TPSA) is 52.1 Å². The molecule has 0 amide bonds. The maximum Gasteiger partial charge on any atom is 0.118 e. The Kier molecular flexibility index (Phi) is 4.46. The van der Waals surface area contributed by atoms with Crippen LogP contribution in [0.4, 0.5) is 0 Å². The lowest BCUT2D eigenvalue weighted by molar-refractivity contribution is 0.213. The van der Waals surface area contributed by atoms with E-state index in [1.54, 1.807) is 12.1 Å². The van der Waals surface area contributed by atoms with Gasteiger partial charge in [0.15, 0.2) is 0 Å². The number of nitrogens with zero attached hydrogens (tertiary/aromatic N) is 2. The van der Waals surface area contributed by atoms with E-state index in [4.69, 9.17) is 23.2 Å². The summed E-state index contributed by atoms with van der Waals surface area (Å²) in [6.07, 6.45) is 7.41. The lowest BCUT2D eigenvalue weighted by atomic mass is 9.92. The van der Waals surface area contributed by atoms with Crippen molar-refractivity contribution in [1.29, 1.82) is 0 Å². The van der Waals surface area contributed by atoms with Crippen molar-refractivity contribution in [2.45, 2.75) is 38.1 Å². The number of aryl methyl sites for hydroxylation is 1. The number of nitrogens with one attached hydrogen (secondary N) is 1. The number of phenolic OH excluding ortho intramolecular Hbond substituents is 1. The van der Waals surface area contributed by atoms with Crippen LogP contribution in [0.5, 0.6) is 5.75 Å². The zero-order chi connectivity index (χ0) is 16.7. The number of aromatic nitrogens is 2. The van der Waals surface area contributed by atoms with Crippen molar-refractivity contribution in [2.24, 2.45) is 5.92 Å². The summed E-state index contributed by atoms with van der Waals surface area (Å²) >= 11 is 12.5. The normalized spacial score (nSPS) is 24.2.